The molecule has 1 aliphatic carbocycles. The van der Waals surface area contributed by atoms with Crippen molar-refractivity contribution >= 4 is 11.3 Å². The molecule has 1 aromatic rings. The van der Waals surface area contributed by atoms with E-state index in [2.05, 4.69) is 22.1 Å². The molecule has 0 radical (unpaired) electrons. The van der Waals surface area contributed by atoms with Gasteiger partial charge >= 0.3 is 0 Å². The van der Waals surface area contributed by atoms with Crippen LogP contribution in [0.1, 0.15) is 42.0 Å². The molecule has 2 heterocycles. The monoisotopic (exact) mass is 265 g/mol. The van der Waals surface area contributed by atoms with Crippen molar-refractivity contribution in [1.29, 1.82) is 0 Å². The number of nitrogens with one attached hydrogen (secondary N) is 1. The van der Waals surface area contributed by atoms with E-state index in [1.165, 1.54) is 61.6 Å². The van der Waals surface area contributed by atoms with Crippen LogP contribution in [0.25, 0.3) is 0 Å². The Balaban J connectivity index is 1.67. The van der Waals surface area contributed by atoms with Crippen molar-refractivity contribution in [2.45, 2.75) is 51.1 Å². The Morgan fingerprint density at radius 2 is 2.22 bits per heavy atom. The van der Waals surface area contributed by atoms with Crippen molar-refractivity contribution in [3.63, 3.8) is 0 Å². The second-order valence-electron chi connectivity index (χ2n) is 5.84. The van der Waals surface area contributed by atoms with Crippen molar-refractivity contribution in [1.82, 2.24) is 15.2 Å². The van der Waals surface area contributed by atoms with Crippen molar-refractivity contribution in [2.75, 3.05) is 19.6 Å². The minimum absolute atomic E-state index is 0.419. The first-order valence-corrected chi connectivity index (χ1v) is 7.96. The summed E-state index contributed by atoms with van der Waals surface area (Å²) in [5, 5.41) is 5.10. The van der Waals surface area contributed by atoms with Crippen molar-refractivity contribution < 1.29 is 0 Å². The van der Waals surface area contributed by atoms with E-state index in [0.29, 0.717) is 5.54 Å². The molecule has 3 rings (SSSR count). The van der Waals surface area contributed by atoms with Crippen LogP contribution in [0, 0.1) is 6.92 Å². The Kier molecular flexibility index (Phi) is 3.68. The highest BCUT2D eigenvalue weighted by Crippen LogP contribution is 2.32. The maximum atomic E-state index is 4.51. The molecule has 1 aromatic heterocycles. The zero-order chi connectivity index (χ0) is 12.4. The maximum absolute atomic E-state index is 4.51. The topological polar surface area (TPSA) is 28.2 Å². The molecule has 0 atom stereocenters. The van der Waals surface area contributed by atoms with Gasteiger partial charge < -0.3 is 5.32 Å². The third kappa shape index (κ3) is 2.76. The molecular formula is C14H23N3S. The molecule has 0 amide bonds. The van der Waals surface area contributed by atoms with E-state index < -0.39 is 0 Å². The molecule has 1 spiro atoms. The first-order valence-electron chi connectivity index (χ1n) is 7.15. The first-order chi connectivity index (χ1) is 8.76. The van der Waals surface area contributed by atoms with Crippen LogP contribution in [0.2, 0.25) is 0 Å². The van der Waals surface area contributed by atoms with Crippen molar-refractivity contribution in [2.24, 2.45) is 0 Å². The number of aryl methyl sites for hydroxylation is 1. The lowest BCUT2D eigenvalue weighted by Crippen LogP contribution is -2.49. The molecule has 0 bridgehead atoms. The fourth-order valence-electron chi connectivity index (χ4n) is 3.41. The van der Waals surface area contributed by atoms with Gasteiger partial charge in [-0.25, -0.2) is 4.98 Å². The lowest BCUT2D eigenvalue weighted by Gasteiger charge is -2.33. The van der Waals surface area contributed by atoms with Gasteiger partial charge in [-0.2, -0.15) is 0 Å². The molecule has 0 unspecified atom stereocenters. The Morgan fingerprint density at radius 3 is 2.94 bits per heavy atom. The average Bonchev–Trinajstić information content (AvgIpc) is 2.89. The Bertz CT molecular complexity index is 395. The molecule has 1 aliphatic heterocycles. The van der Waals surface area contributed by atoms with Crippen LogP contribution in [-0.2, 0) is 6.54 Å². The smallest absolute Gasteiger partial charge is 0.107 e. The number of aromatic nitrogens is 1. The highest BCUT2D eigenvalue weighted by molar-refractivity contribution is 7.11. The Labute approximate surface area is 114 Å². The minimum atomic E-state index is 0.419. The SMILES string of the molecule is Cc1cnc(CN2CCCNC3(CCCC3)C2)s1. The normalized spacial score (nSPS) is 24.5. The van der Waals surface area contributed by atoms with Crippen LogP contribution in [0.3, 0.4) is 0 Å². The van der Waals surface area contributed by atoms with Gasteiger partial charge in [-0.05, 0) is 39.3 Å². The van der Waals surface area contributed by atoms with Gasteiger partial charge in [-0.1, -0.05) is 12.8 Å². The quantitative estimate of drug-likeness (QED) is 0.891. The summed E-state index contributed by atoms with van der Waals surface area (Å²) in [4.78, 5) is 8.45. The van der Waals surface area contributed by atoms with Gasteiger partial charge in [0.05, 0.1) is 6.54 Å². The number of nitrogens with zero attached hydrogens (tertiary/aromatic N) is 2. The lowest BCUT2D eigenvalue weighted by atomic mass is 9.97. The van der Waals surface area contributed by atoms with Gasteiger partial charge in [-0.15, -0.1) is 11.3 Å². The van der Waals surface area contributed by atoms with Gasteiger partial charge in [0, 0.05) is 23.2 Å². The highest BCUT2D eigenvalue weighted by atomic mass is 32.1. The third-order valence-corrected chi connectivity index (χ3v) is 5.16. The van der Waals surface area contributed by atoms with Crippen LogP contribution >= 0.6 is 11.3 Å². The van der Waals surface area contributed by atoms with Crippen molar-refractivity contribution in [3.8, 4) is 0 Å². The molecule has 2 aliphatic rings. The standard InChI is InChI=1S/C14H23N3S/c1-12-9-15-13(18-12)10-17-8-4-7-16-14(11-17)5-2-3-6-14/h9,16H,2-8,10-11H2,1H3. The maximum Gasteiger partial charge on any atom is 0.107 e. The molecule has 100 valence electrons. The zero-order valence-electron chi connectivity index (χ0n) is 11.2. The van der Waals surface area contributed by atoms with Crippen LogP contribution in [0.15, 0.2) is 6.20 Å². The summed E-state index contributed by atoms with van der Waals surface area (Å²) in [7, 11) is 0. The first kappa shape index (κ1) is 12.6. The minimum Gasteiger partial charge on any atom is -0.310 e. The molecule has 1 saturated heterocycles. The number of hydrogen-bond donors (Lipinski definition) is 1. The average molecular weight is 265 g/mol. The fourth-order valence-corrected chi connectivity index (χ4v) is 4.24. The summed E-state index contributed by atoms with van der Waals surface area (Å²) in [5.74, 6) is 0. The summed E-state index contributed by atoms with van der Waals surface area (Å²) < 4.78 is 0. The molecule has 1 N–H and O–H groups in total. The van der Waals surface area contributed by atoms with Gasteiger partial charge in [0.15, 0.2) is 0 Å². The highest BCUT2D eigenvalue weighted by Gasteiger charge is 2.36. The summed E-state index contributed by atoms with van der Waals surface area (Å²) in [5.41, 5.74) is 0.419. The largest absolute Gasteiger partial charge is 0.310 e. The van der Waals surface area contributed by atoms with Gasteiger partial charge in [-0.3, -0.25) is 4.90 Å². The van der Waals surface area contributed by atoms with E-state index in [1.807, 2.05) is 17.5 Å². The number of thiazole rings is 1. The molecule has 4 heteroatoms. The Hall–Kier alpha value is -0.450. The molecule has 1 saturated carbocycles. The number of hydrogen-bond acceptors (Lipinski definition) is 4. The zero-order valence-corrected chi connectivity index (χ0v) is 12.1. The summed E-state index contributed by atoms with van der Waals surface area (Å²) >= 11 is 1.85. The molecule has 2 fully saturated rings. The molecule has 3 nitrogen and oxygen atoms in total. The van der Waals surface area contributed by atoms with E-state index in [-0.39, 0.29) is 0 Å². The number of rotatable bonds is 2. The Morgan fingerprint density at radius 1 is 1.39 bits per heavy atom. The van der Waals surface area contributed by atoms with E-state index in [0.717, 1.165) is 6.54 Å². The van der Waals surface area contributed by atoms with Crippen LogP contribution < -0.4 is 5.32 Å². The van der Waals surface area contributed by atoms with Crippen LogP contribution in [0.4, 0.5) is 0 Å². The molecular weight excluding hydrogens is 242 g/mol. The summed E-state index contributed by atoms with van der Waals surface area (Å²) in [6.07, 6.45) is 8.79. The molecule has 18 heavy (non-hydrogen) atoms. The molecule has 0 aromatic carbocycles. The van der Waals surface area contributed by atoms with Crippen molar-refractivity contribution in [3.05, 3.63) is 16.1 Å². The van der Waals surface area contributed by atoms with E-state index in [4.69, 9.17) is 0 Å². The van der Waals surface area contributed by atoms with E-state index in [9.17, 15) is 0 Å². The summed E-state index contributed by atoms with van der Waals surface area (Å²) in [6, 6.07) is 0. The van der Waals surface area contributed by atoms with E-state index in [1.54, 1.807) is 0 Å². The van der Waals surface area contributed by atoms with Crippen LogP contribution in [0.5, 0.6) is 0 Å². The second kappa shape index (κ2) is 5.27. The predicted molar refractivity (Wildman–Crippen MR) is 75.9 cm³/mol. The van der Waals surface area contributed by atoms with Gasteiger partial charge in [0.2, 0.25) is 0 Å². The fraction of sp³-hybridized carbons (Fsp3) is 0.786. The van der Waals surface area contributed by atoms with Gasteiger partial charge in [0.1, 0.15) is 5.01 Å². The predicted octanol–water partition coefficient (Wildman–Crippen LogP) is 2.56. The van der Waals surface area contributed by atoms with E-state index >= 15 is 0 Å². The lowest BCUT2D eigenvalue weighted by molar-refractivity contribution is 0.203. The summed E-state index contributed by atoms with van der Waals surface area (Å²) in [6.45, 7) is 6.80. The third-order valence-electron chi connectivity index (χ3n) is 4.27. The van der Waals surface area contributed by atoms with Gasteiger partial charge in [0.25, 0.3) is 0 Å². The second-order valence-corrected chi connectivity index (χ2v) is 7.16. The van der Waals surface area contributed by atoms with Crippen LogP contribution in [-0.4, -0.2) is 35.1 Å².